The molecule has 4 aromatic rings. The van der Waals surface area contributed by atoms with E-state index in [0.29, 0.717) is 22.7 Å². The van der Waals surface area contributed by atoms with E-state index < -0.39 is 5.91 Å². The fourth-order valence-electron chi connectivity index (χ4n) is 3.38. The SMILES string of the molecule is COc1ccc(-c2nn(-c3ccccc3)cc2C=C(C#N)C(=O)Nc2cccc(OC)c2)cc1. The minimum absolute atomic E-state index is 0.0507. The molecule has 7 heteroatoms. The molecule has 34 heavy (non-hydrogen) atoms. The lowest BCUT2D eigenvalue weighted by molar-refractivity contribution is -0.112. The first-order valence-electron chi connectivity index (χ1n) is 10.5. The van der Waals surface area contributed by atoms with Crippen LogP contribution >= 0.6 is 0 Å². The molecule has 0 atom stereocenters. The molecule has 0 saturated heterocycles. The molecule has 0 spiro atoms. The lowest BCUT2D eigenvalue weighted by atomic mass is 10.1. The number of nitrogens with one attached hydrogen (secondary N) is 1. The highest BCUT2D eigenvalue weighted by atomic mass is 16.5. The van der Waals surface area contributed by atoms with Crippen molar-refractivity contribution in [2.45, 2.75) is 0 Å². The number of carbonyl (C=O) groups is 1. The number of nitrogens with zero attached hydrogens (tertiary/aromatic N) is 3. The molecule has 4 rings (SSSR count). The Labute approximate surface area is 197 Å². The van der Waals surface area contributed by atoms with Crippen molar-refractivity contribution in [2.24, 2.45) is 0 Å². The quantitative estimate of drug-likeness (QED) is 0.312. The van der Waals surface area contributed by atoms with Gasteiger partial charge in [-0.05, 0) is 54.6 Å². The number of para-hydroxylation sites is 1. The van der Waals surface area contributed by atoms with Gasteiger partial charge in [-0.1, -0.05) is 24.3 Å². The maximum absolute atomic E-state index is 12.9. The van der Waals surface area contributed by atoms with Crippen LogP contribution < -0.4 is 14.8 Å². The molecule has 0 unspecified atom stereocenters. The molecule has 0 saturated carbocycles. The maximum atomic E-state index is 12.9. The fourth-order valence-corrected chi connectivity index (χ4v) is 3.38. The number of rotatable bonds is 7. The Balaban J connectivity index is 1.73. The highest BCUT2D eigenvalue weighted by Crippen LogP contribution is 2.28. The number of amides is 1. The average Bonchev–Trinajstić information content (AvgIpc) is 3.31. The van der Waals surface area contributed by atoms with Crippen LogP contribution in [0.5, 0.6) is 11.5 Å². The minimum Gasteiger partial charge on any atom is -0.497 e. The van der Waals surface area contributed by atoms with Gasteiger partial charge in [0, 0.05) is 29.1 Å². The summed E-state index contributed by atoms with van der Waals surface area (Å²) in [5.41, 5.74) is 3.43. The zero-order chi connectivity index (χ0) is 23.9. The van der Waals surface area contributed by atoms with Crippen LogP contribution in [-0.2, 0) is 4.79 Å². The summed E-state index contributed by atoms with van der Waals surface area (Å²) < 4.78 is 12.2. The van der Waals surface area contributed by atoms with Gasteiger partial charge >= 0.3 is 0 Å². The number of anilines is 1. The van der Waals surface area contributed by atoms with E-state index in [1.807, 2.05) is 60.7 Å². The number of nitriles is 1. The number of benzene rings is 3. The summed E-state index contributed by atoms with van der Waals surface area (Å²) >= 11 is 0. The van der Waals surface area contributed by atoms with Crippen molar-refractivity contribution >= 4 is 17.7 Å². The molecule has 0 radical (unpaired) electrons. The zero-order valence-electron chi connectivity index (χ0n) is 18.7. The van der Waals surface area contributed by atoms with Crippen LogP contribution in [0, 0.1) is 11.3 Å². The van der Waals surface area contributed by atoms with E-state index in [0.717, 1.165) is 17.0 Å². The Bertz CT molecular complexity index is 1370. The van der Waals surface area contributed by atoms with Gasteiger partial charge in [0.25, 0.3) is 5.91 Å². The number of hydrogen-bond donors (Lipinski definition) is 1. The van der Waals surface area contributed by atoms with Crippen molar-refractivity contribution in [1.29, 1.82) is 5.26 Å². The van der Waals surface area contributed by atoms with Crippen LogP contribution in [0.15, 0.2) is 90.6 Å². The highest BCUT2D eigenvalue weighted by molar-refractivity contribution is 6.10. The van der Waals surface area contributed by atoms with E-state index in [1.165, 1.54) is 0 Å². The molecule has 1 N–H and O–H groups in total. The molecular weight excluding hydrogens is 428 g/mol. The number of aromatic nitrogens is 2. The van der Waals surface area contributed by atoms with Crippen LogP contribution in [-0.4, -0.2) is 29.9 Å². The Morgan fingerprint density at radius 1 is 0.971 bits per heavy atom. The van der Waals surface area contributed by atoms with E-state index in [1.54, 1.807) is 55.4 Å². The smallest absolute Gasteiger partial charge is 0.266 e. The van der Waals surface area contributed by atoms with E-state index in [-0.39, 0.29) is 5.57 Å². The third-order valence-electron chi connectivity index (χ3n) is 5.12. The molecule has 0 fully saturated rings. The van der Waals surface area contributed by atoms with Crippen molar-refractivity contribution in [3.63, 3.8) is 0 Å². The van der Waals surface area contributed by atoms with Crippen molar-refractivity contribution in [1.82, 2.24) is 9.78 Å². The molecule has 1 heterocycles. The first kappa shape index (κ1) is 22.4. The second-order valence-electron chi connectivity index (χ2n) is 7.30. The topological polar surface area (TPSA) is 89.2 Å². The molecule has 0 aliphatic heterocycles. The Morgan fingerprint density at radius 3 is 2.38 bits per heavy atom. The average molecular weight is 450 g/mol. The van der Waals surface area contributed by atoms with Gasteiger partial charge < -0.3 is 14.8 Å². The number of carbonyl (C=O) groups excluding carboxylic acids is 1. The molecule has 0 aliphatic rings. The lowest BCUT2D eigenvalue weighted by Crippen LogP contribution is -2.13. The van der Waals surface area contributed by atoms with Gasteiger partial charge in [0.05, 0.1) is 25.6 Å². The van der Waals surface area contributed by atoms with Crippen LogP contribution in [0.3, 0.4) is 0 Å². The zero-order valence-corrected chi connectivity index (χ0v) is 18.7. The predicted molar refractivity (Wildman–Crippen MR) is 131 cm³/mol. The molecule has 0 bridgehead atoms. The number of methoxy groups -OCH3 is 2. The Morgan fingerprint density at radius 2 is 1.71 bits per heavy atom. The fraction of sp³-hybridized carbons (Fsp3) is 0.0741. The van der Waals surface area contributed by atoms with Crippen molar-refractivity contribution < 1.29 is 14.3 Å². The van der Waals surface area contributed by atoms with Crippen molar-refractivity contribution in [3.8, 4) is 34.5 Å². The van der Waals surface area contributed by atoms with Gasteiger partial charge in [-0.25, -0.2) is 4.68 Å². The van der Waals surface area contributed by atoms with Crippen molar-refractivity contribution in [2.75, 3.05) is 19.5 Å². The maximum Gasteiger partial charge on any atom is 0.266 e. The van der Waals surface area contributed by atoms with E-state index >= 15 is 0 Å². The van der Waals surface area contributed by atoms with Crippen LogP contribution in [0.4, 0.5) is 5.69 Å². The first-order valence-corrected chi connectivity index (χ1v) is 10.5. The standard InChI is InChI=1S/C27H22N4O3/c1-33-24-13-11-19(12-14-24)26-21(18-31(30-26)23-8-4-3-5-9-23)15-20(17-28)27(32)29-22-7-6-10-25(16-22)34-2/h3-16,18H,1-2H3,(H,29,32). The second kappa shape index (κ2) is 10.2. The molecule has 168 valence electrons. The minimum atomic E-state index is -0.524. The van der Waals surface area contributed by atoms with Gasteiger partial charge in [-0.3, -0.25) is 4.79 Å². The Hall–Kier alpha value is -4.83. The summed E-state index contributed by atoms with van der Waals surface area (Å²) in [4.78, 5) is 12.9. The number of hydrogen-bond acceptors (Lipinski definition) is 5. The van der Waals surface area contributed by atoms with Crippen LogP contribution in [0.1, 0.15) is 5.56 Å². The van der Waals surface area contributed by atoms with E-state index in [2.05, 4.69) is 5.32 Å². The lowest BCUT2D eigenvalue weighted by Gasteiger charge is -2.06. The Kier molecular flexibility index (Phi) is 6.70. The molecule has 1 amide bonds. The van der Waals surface area contributed by atoms with Crippen molar-refractivity contribution in [3.05, 3.63) is 96.2 Å². The van der Waals surface area contributed by atoms with Crippen LogP contribution in [0.25, 0.3) is 23.0 Å². The monoisotopic (exact) mass is 450 g/mol. The predicted octanol–water partition coefficient (Wildman–Crippen LogP) is 5.10. The summed E-state index contributed by atoms with van der Waals surface area (Å²) in [6, 6.07) is 26.0. The van der Waals surface area contributed by atoms with Crippen LogP contribution in [0.2, 0.25) is 0 Å². The molecule has 7 nitrogen and oxygen atoms in total. The molecule has 1 aromatic heterocycles. The summed E-state index contributed by atoms with van der Waals surface area (Å²) in [7, 11) is 3.15. The molecule has 0 aliphatic carbocycles. The van der Waals surface area contributed by atoms with Gasteiger partial charge in [-0.15, -0.1) is 0 Å². The van der Waals surface area contributed by atoms with E-state index in [4.69, 9.17) is 14.6 Å². The largest absolute Gasteiger partial charge is 0.497 e. The highest BCUT2D eigenvalue weighted by Gasteiger charge is 2.16. The summed E-state index contributed by atoms with van der Waals surface area (Å²) in [6.45, 7) is 0. The second-order valence-corrected chi connectivity index (χ2v) is 7.30. The molecule has 3 aromatic carbocycles. The molecular formula is C27H22N4O3. The van der Waals surface area contributed by atoms with Gasteiger partial charge in [0.1, 0.15) is 23.1 Å². The third-order valence-corrected chi connectivity index (χ3v) is 5.12. The van der Waals surface area contributed by atoms with Gasteiger partial charge in [-0.2, -0.15) is 10.4 Å². The third kappa shape index (κ3) is 4.97. The van der Waals surface area contributed by atoms with Gasteiger partial charge in [0.15, 0.2) is 0 Å². The first-order chi connectivity index (χ1) is 16.6. The number of ether oxygens (including phenoxy) is 2. The van der Waals surface area contributed by atoms with E-state index in [9.17, 15) is 10.1 Å². The summed E-state index contributed by atoms with van der Waals surface area (Å²) in [6.07, 6.45) is 3.34. The normalized spacial score (nSPS) is 10.9. The van der Waals surface area contributed by atoms with Gasteiger partial charge in [0.2, 0.25) is 0 Å². The summed E-state index contributed by atoms with van der Waals surface area (Å²) in [5, 5.41) is 17.2. The summed E-state index contributed by atoms with van der Waals surface area (Å²) in [5.74, 6) is 0.800.